The maximum absolute atomic E-state index is 5.73. The van der Waals surface area contributed by atoms with Crippen molar-refractivity contribution >= 4 is 5.96 Å². The molecule has 0 spiro atoms. The normalized spacial score (nSPS) is 18.6. The molecule has 1 aliphatic rings. The van der Waals surface area contributed by atoms with Crippen LogP contribution in [0.15, 0.2) is 4.99 Å². The monoisotopic (exact) mass is 315 g/mol. The fourth-order valence-corrected chi connectivity index (χ4v) is 2.25. The van der Waals surface area contributed by atoms with Crippen LogP contribution < -0.4 is 10.6 Å². The number of methoxy groups -OCH3 is 1. The first-order valence-corrected chi connectivity index (χ1v) is 8.57. The highest BCUT2D eigenvalue weighted by molar-refractivity contribution is 5.79. The molecule has 0 radical (unpaired) electrons. The van der Waals surface area contributed by atoms with E-state index in [-0.39, 0.29) is 0 Å². The molecule has 0 bridgehead atoms. The van der Waals surface area contributed by atoms with Gasteiger partial charge in [0.25, 0.3) is 0 Å². The van der Waals surface area contributed by atoms with Crippen molar-refractivity contribution in [3.8, 4) is 0 Å². The number of hydrogen-bond acceptors (Lipinski definition) is 4. The molecule has 0 amide bonds. The molecule has 1 saturated heterocycles. The standard InChI is InChI=1S/C16H33N3O3/c1-3-17-16(18-9-5-4-6-11-20-2)19-10-7-12-22-15-8-13-21-14-15/h15H,3-14H2,1-2H3,(H2,17,18,19). The van der Waals surface area contributed by atoms with Crippen molar-refractivity contribution in [1.82, 2.24) is 10.6 Å². The molecule has 1 fully saturated rings. The van der Waals surface area contributed by atoms with Crippen LogP contribution >= 0.6 is 0 Å². The Morgan fingerprint density at radius 3 is 2.82 bits per heavy atom. The number of hydrogen-bond donors (Lipinski definition) is 2. The summed E-state index contributed by atoms with van der Waals surface area (Å²) < 4.78 is 16.1. The fraction of sp³-hybridized carbons (Fsp3) is 0.938. The molecule has 0 aromatic carbocycles. The Morgan fingerprint density at radius 2 is 2.09 bits per heavy atom. The number of unbranched alkanes of at least 4 members (excludes halogenated alkanes) is 2. The first-order valence-electron chi connectivity index (χ1n) is 8.57. The smallest absolute Gasteiger partial charge is 0.191 e. The summed E-state index contributed by atoms with van der Waals surface area (Å²) in [6.45, 7) is 7.88. The minimum absolute atomic E-state index is 0.294. The predicted molar refractivity (Wildman–Crippen MR) is 89.5 cm³/mol. The number of ether oxygens (including phenoxy) is 3. The van der Waals surface area contributed by atoms with Gasteiger partial charge < -0.3 is 24.8 Å². The van der Waals surface area contributed by atoms with Crippen LogP contribution in [-0.4, -0.2) is 65.2 Å². The molecule has 0 aromatic heterocycles. The molecular formula is C16H33N3O3. The molecule has 2 N–H and O–H groups in total. The van der Waals surface area contributed by atoms with Gasteiger partial charge in [0.2, 0.25) is 0 Å². The number of guanidine groups is 1. The minimum atomic E-state index is 0.294. The number of rotatable bonds is 12. The Kier molecular flexibility index (Phi) is 12.0. The van der Waals surface area contributed by atoms with Gasteiger partial charge in [-0.25, -0.2) is 0 Å². The van der Waals surface area contributed by atoms with Gasteiger partial charge in [-0.2, -0.15) is 0 Å². The van der Waals surface area contributed by atoms with E-state index in [1.54, 1.807) is 7.11 Å². The van der Waals surface area contributed by atoms with Gasteiger partial charge in [-0.05, 0) is 39.0 Å². The quantitative estimate of drug-likeness (QED) is 0.325. The highest BCUT2D eigenvalue weighted by atomic mass is 16.5. The highest BCUT2D eigenvalue weighted by Crippen LogP contribution is 2.08. The zero-order valence-corrected chi connectivity index (χ0v) is 14.2. The summed E-state index contributed by atoms with van der Waals surface area (Å²) in [6, 6.07) is 0. The molecule has 130 valence electrons. The van der Waals surface area contributed by atoms with Crippen LogP contribution in [0, 0.1) is 0 Å². The number of nitrogens with one attached hydrogen (secondary N) is 2. The second-order valence-electron chi connectivity index (χ2n) is 5.45. The summed E-state index contributed by atoms with van der Waals surface area (Å²) in [5.41, 5.74) is 0. The Labute approximate surface area is 135 Å². The second kappa shape index (κ2) is 13.8. The summed E-state index contributed by atoms with van der Waals surface area (Å²) >= 11 is 0. The third-order valence-electron chi connectivity index (χ3n) is 3.48. The highest BCUT2D eigenvalue weighted by Gasteiger charge is 2.15. The van der Waals surface area contributed by atoms with Crippen molar-refractivity contribution in [2.24, 2.45) is 4.99 Å². The Balaban J connectivity index is 2.04. The van der Waals surface area contributed by atoms with Crippen molar-refractivity contribution in [2.45, 2.75) is 45.1 Å². The first kappa shape index (κ1) is 19.2. The first-order chi connectivity index (χ1) is 10.9. The van der Waals surface area contributed by atoms with Crippen molar-refractivity contribution in [3.63, 3.8) is 0 Å². The SMILES string of the molecule is CCNC(=NCCCOC1CCOC1)NCCCCCOC. The largest absolute Gasteiger partial charge is 0.385 e. The Morgan fingerprint density at radius 1 is 1.18 bits per heavy atom. The molecule has 6 nitrogen and oxygen atoms in total. The van der Waals surface area contributed by atoms with E-state index in [1.807, 2.05) is 0 Å². The average molecular weight is 315 g/mol. The fourth-order valence-electron chi connectivity index (χ4n) is 2.25. The maximum atomic E-state index is 5.73. The minimum Gasteiger partial charge on any atom is -0.385 e. The molecule has 0 aromatic rings. The zero-order valence-electron chi connectivity index (χ0n) is 14.2. The van der Waals surface area contributed by atoms with Crippen LogP contribution in [-0.2, 0) is 14.2 Å². The molecule has 1 aliphatic heterocycles. The number of aliphatic imine (C=N–C) groups is 1. The van der Waals surface area contributed by atoms with Gasteiger partial charge in [0.15, 0.2) is 5.96 Å². The molecule has 0 aliphatic carbocycles. The van der Waals surface area contributed by atoms with Gasteiger partial charge in [0, 0.05) is 46.6 Å². The van der Waals surface area contributed by atoms with E-state index in [1.165, 1.54) is 6.42 Å². The van der Waals surface area contributed by atoms with Gasteiger partial charge >= 0.3 is 0 Å². The van der Waals surface area contributed by atoms with Crippen molar-refractivity contribution in [1.29, 1.82) is 0 Å². The van der Waals surface area contributed by atoms with E-state index >= 15 is 0 Å². The lowest BCUT2D eigenvalue weighted by molar-refractivity contribution is 0.0424. The van der Waals surface area contributed by atoms with Crippen LogP contribution in [0.5, 0.6) is 0 Å². The van der Waals surface area contributed by atoms with Gasteiger partial charge in [-0.15, -0.1) is 0 Å². The summed E-state index contributed by atoms with van der Waals surface area (Å²) in [5.74, 6) is 0.901. The summed E-state index contributed by atoms with van der Waals surface area (Å²) in [5, 5.41) is 6.64. The van der Waals surface area contributed by atoms with Crippen molar-refractivity contribution in [3.05, 3.63) is 0 Å². The lowest BCUT2D eigenvalue weighted by Gasteiger charge is -2.12. The molecule has 1 rings (SSSR count). The van der Waals surface area contributed by atoms with Crippen LogP contribution in [0.4, 0.5) is 0 Å². The van der Waals surface area contributed by atoms with Crippen molar-refractivity contribution in [2.75, 3.05) is 53.2 Å². The lowest BCUT2D eigenvalue weighted by Crippen LogP contribution is -2.37. The van der Waals surface area contributed by atoms with Gasteiger partial charge in [0.05, 0.1) is 12.7 Å². The molecule has 0 saturated carbocycles. The van der Waals surface area contributed by atoms with Crippen LogP contribution in [0.3, 0.4) is 0 Å². The summed E-state index contributed by atoms with van der Waals surface area (Å²) in [7, 11) is 1.75. The average Bonchev–Trinajstić information content (AvgIpc) is 3.03. The van der Waals surface area contributed by atoms with Crippen LogP contribution in [0.1, 0.15) is 39.0 Å². The molecule has 22 heavy (non-hydrogen) atoms. The molecule has 1 heterocycles. The third-order valence-corrected chi connectivity index (χ3v) is 3.48. The van der Waals surface area contributed by atoms with E-state index in [4.69, 9.17) is 14.2 Å². The van der Waals surface area contributed by atoms with E-state index in [9.17, 15) is 0 Å². The topological polar surface area (TPSA) is 64.1 Å². The van der Waals surface area contributed by atoms with Gasteiger partial charge in [-0.1, -0.05) is 0 Å². The zero-order chi connectivity index (χ0) is 15.9. The second-order valence-corrected chi connectivity index (χ2v) is 5.45. The van der Waals surface area contributed by atoms with E-state index in [0.29, 0.717) is 6.10 Å². The maximum Gasteiger partial charge on any atom is 0.191 e. The van der Waals surface area contributed by atoms with Crippen LogP contribution in [0.25, 0.3) is 0 Å². The van der Waals surface area contributed by atoms with E-state index in [0.717, 1.165) is 77.7 Å². The third kappa shape index (κ3) is 9.97. The van der Waals surface area contributed by atoms with E-state index < -0.39 is 0 Å². The molecule has 1 atom stereocenters. The number of nitrogens with zero attached hydrogens (tertiary/aromatic N) is 1. The van der Waals surface area contributed by atoms with Crippen LogP contribution in [0.2, 0.25) is 0 Å². The van der Waals surface area contributed by atoms with E-state index in [2.05, 4.69) is 22.5 Å². The Bertz CT molecular complexity index is 282. The van der Waals surface area contributed by atoms with Gasteiger partial charge in [0.1, 0.15) is 0 Å². The molecule has 1 unspecified atom stereocenters. The van der Waals surface area contributed by atoms with Gasteiger partial charge in [-0.3, -0.25) is 4.99 Å². The summed E-state index contributed by atoms with van der Waals surface area (Å²) in [4.78, 5) is 4.57. The lowest BCUT2D eigenvalue weighted by atomic mass is 10.2. The van der Waals surface area contributed by atoms with Crippen molar-refractivity contribution < 1.29 is 14.2 Å². The predicted octanol–water partition coefficient (Wildman–Crippen LogP) is 1.55. The summed E-state index contributed by atoms with van der Waals surface area (Å²) in [6.07, 6.45) is 5.70. The molecular weight excluding hydrogens is 282 g/mol. The Hall–Kier alpha value is -0.850. The molecule has 6 heteroatoms.